The molecule has 0 saturated carbocycles. The van der Waals surface area contributed by atoms with Crippen molar-refractivity contribution in [2.75, 3.05) is 37.6 Å². The van der Waals surface area contributed by atoms with E-state index in [1.54, 1.807) is 30.3 Å². The van der Waals surface area contributed by atoms with Gasteiger partial charge in [-0.25, -0.2) is 9.29 Å². The fraction of sp³-hybridized carbons (Fsp3) is 0.273. The Kier molecular flexibility index (Phi) is 5.39. The molecule has 1 fully saturated rings. The normalized spacial score (nSPS) is 18.2. The zero-order valence-electron chi connectivity index (χ0n) is 16.1. The molecule has 0 unspecified atom stereocenters. The summed E-state index contributed by atoms with van der Waals surface area (Å²) in [4.78, 5) is 32.0. The van der Waals surface area contributed by atoms with E-state index in [1.807, 2.05) is 4.90 Å². The number of amides is 2. The van der Waals surface area contributed by atoms with Crippen molar-refractivity contribution in [3.05, 3.63) is 70.6 Å². The van der Waals surface area contributed by atoms with Gasteiger partial charge in [0.2, 0.25) is 0 Å². The molecule has 7 heteroatoms. The number of anilines is 1. The number of hydrogen-bond donors (Lipinski definition) is 0. The fourth-order valence-corrected chi connectivity index (χ4v) is 3.95. The van der Waals surface area contributed by atoms with Crippen molar-refractivity contribution in [2.45, 2.75) is 6.92 Å². The van der Waals surface area contributed by atoms with Crippen molar-refractivity contribution in [2.24, 2.45) is 0 Å². The molecular weight excluding hydrogens is 393 g/mol. The second kappa shape index (κ2) is 7.97. The van der Waals surface area contributed by atoms with E-state index < -0.39 is 17.6 Å². The van der Waals surface area contributed by atoms with Gasteiger partial charge >= 0.3 is 0 Å². The summed E-state index contributed by atoms with van der Waals surface area (Å²) in [7, 11) is 0. The van der Waals surface area contributed by atoms with E-state index in [0.717, 1.165) is 24.5 Å². The van der Waals surface area contributed by atoms with Gasteiger partial charge in [-0.05, 0) is 42.4 Å². The lowest BCUT2D eigenvalue weighted by molar-refractivity contribution is -0.120. The van der Waals surface area contributed by atoms with Gasteiger partial charge < -0.3 is 9.80 Å². The van der Waals surface area contributed by atoms with Gasteiger partial charge in [0.05, 0.1) is 11.3 Å². The van der Waals surface area contributed by atoms with Crippen LogP contribution in [-0.2, 0) is 9.59 Å². The van der Waals surface area contributed by atoms with Crippen LogP contribution in [0.1, 0.15) is 12.5 Å². The van der Waals surface area contributed by atoms with Crippen LogP contribution >= 0.6 is 11.6 Å². The molecular formula is C22H21ClFN3O2. The number of benzene rings is 2. The number of piperazine rings is 1. The maximum Gasteiger partial charge on any atom is 0.282 e. The van der Waals surface area contributed by atoms with Gasteiger partial charge in [0.1, 0.15) is 11.5 Å². The minimum absolute atomic E-state index is 0.230. The van der Waals surface area contributed by atoms with Crippen molar-refractivity contribution in [1.82, 2.24) is 9.80 Å². The van der Waals surface area contributed by atoms with Crippen LogP contribution in [0.25, 0.3) is 5.57 Å². The molecule has 2 aliphatic heterocycles. The summed E-state index contributed by atoms with van der Waals surface area (Å²) in [6.07, 6.45) is 0. The Bertz CT molecular complexity index is 982. The van der Waals surface area contributed by atoms with Crippen LogP contribution in [0.2, 0.25) is 5.02 Å². The van der Waals surface area contributed by atoms with Gasteiger partial charge in [-0.2, -0.15) is 0 Å². The molecule has 2 amide bonds. The quantitative estimate of drug-likeness (QED) is 0.720. The summed E-state index contributed by atoms with van der Waals surface area (Å²) < 4.78 is 13.8. The monoisotopic (exact) mass is 413 g/mol. The molecule has 5 nitrogen and oxygen atoms in total. The number of halogens is 2. The Balaban J connectivity index is 1.78. The first kappa shape index (κ1) is 19.6. The number of carbonyl (C=O) groups is 2. The van der Waals surface area contributed by atoms with Gasteiger partial charge in [-0.1, -0.05) is 36.7 Å². The maximum atomic E-state index is 13.8. The van der Waals surface area contributed by atoms with E-state index in [-0.39, 0.29) is 5.69 Å². The molecule has 2 heterocycles. The second-order valence-electron chi connectivity index (χ2n) is 7.08. The molecule has 4 rings (SSSR count). The summed E-state index contributed by atoms with van der Waals surface area (Å²) in [5.41, 5.74) is 1.56. The zero-order valence-corrected chi connectivity index (χ0v) is 16.8. The molecule has 0 bridgehead atoms. The number of carbonyl (C=O) groups excluding carboxylic acids is 2. The van der Waals surface area contributed by atoms with Crippen LogP contribution in [0, 0.1) is 5.82 Å². The summed E-state index contributed by atoms with van der Waals surface area (Å²) >= 11 is 6.01. The van der Waals surface area contributed by atoms with Crippen molar-refractivity contribution in [3.8, 4) is 0 Å². The molecule has 2 aliphatic rings. The third-order valence-corrected chi connectivity index (χ3v) is 5.65. The van der Waals surface area contributed by atoms with Crippen LogP contribution in [0.3, 0.4) is 0 Å². The van der Waals surface area contributed by atoms with Crippen molar-refractivity contribution >= 4 is 34.7 Å². The molecule has 2 aromatic carbocycles. The molecule has 0 spiro atoms. The molecule has 2 aromatic rings. The number of hydrogen-bond acceptors (Lipinski definition) is 4. The SMILES string of the molecule is CCN1CCN(C2=C(c3ccc(Cl)cc3)C(=O)N(c3cccc(F)c3)C2=O)CC1. The van der Waals surface area contributed by atoms with Crippen LogP contribution in [-0.4, -0.2) is 54.3 Å². The van der Waals surface area contributed by atoms with Gasteiger partial charge in [0, 0.05) is 31.2 Å². The highest BCUT2D eigenvalue weighted by Gasteiger charge is 2.43. The van der Waals surface area contributed by atoms with E-state index in [4.69, 9.17) is 11.6 Å². The van der Waals surface area contributed by atoms with E-state index in [0.29, 0.717) is 34.9 Å². The third kappa shape index (κ3) is 3.66. The maximum absolute atomic E-state index is 13.8. The minimum Gasteiger partial charge on any atom is -0.364 e. The number of rotatable bonds is 4. The Labute approximate surface area is 174 Å². The molecule has 0 radical (unpaired) electrons. The highest BCUT2D eigenvalue weighted by Crippen LogP contribution is 2.35. The van der Waals surface area contributed by atoms with Crippen molar-refractivity contribution in [1.29, 1.82) is 0 Å². The predicted octanol–water partition coefficient (Wildman–Crippen LogP) is 3.40. The molecule has 0 aliphatic carbocycles. The van der Waals surface area contributed by atoms with Gasteiger partial charge in [-0.3, -0.25) is 9.59 Å². The topological polar surface area (TPSA) is 43.9 Å². The van der Waals surface area contributed by atoms with Crippen LogP contribution < -0.4 is 4.90 Å². The first-order valence-electron chi connectivity index (χ1n) is 9.61. The van der Waals surface area contributed by atoms with E-state index in [1.165, 1.54) is 18.2 Å². The van der Waals surface area contributed by atoms with E-state index in [9.17, 15) is 14.0 Å². The van der Waals surface area contributed by atoms with E-state index in [2.05, 4.69) is 11.8 Å². The average Bonchev–Trinajstić information content (AvgIpc) is 2.99. The lowest BCUT2D eigenvalue weighted by Gasteiger charge is -2.36. The lowest BCUT2D eigenvalue weighted by atomic mass is 10.0. The van der Waals surface area contributed by atoms with Crippen LogP contribution in [0.4, 0.5) is 10.1 Å². The molecule has 1 saturated heterocycles. The molecule has 0 atom stereocenters. The van der Waals surface area contributed by atoms with Crippen molar-refractivity contribution < 1.29 is 14.0 Å². The lowest BCUT2D eigenvalue weighted by Crippen LogP contribution is -2.47. The minimum atomic E-state index is -0.499. The number of imide groups is 1. The van der Waals surface area contributed by atoms with Gasteiger partial charge in [-0.15, -0.1) is 0 Å². The summed E-state index contributed by atoms with van der Waals surface area (Å²) in [6.45, 7) is 5.97. The highest BCUT2D eigenvalue weighted by atomic mass is 35.5. The summed E-state index contributed by atoms with van der Waals surface area (Å²) in [5, 5.41) is 0.547. The summed E-state index contributed by atoms with van der Waals surface area (Å²) in [6, 6.07) is 12.4. The van der Waals surface area contributed by atoms with Gasteiger partial charge in [0.25, 0.3) is 11.8 Å². The molecule has 0 aromatic heterocycles. The largest absolute Gasteiger partial charge is 0.364 e. The van der Waals surface area contributed by atoms with Crippen LogP contribution in [0.15, 0.2) is 54.2 Å². The Morgan fingerprint density at radius 3 is 2.28 bits per heavy atom. The standard InChI is InChI=1S/C22H21ClFN3O2/c1-2-25-10-12-26(13-11-25)20-19(15-6-8-16(23)9-7-15)21(28)27(22(20)29)18-5-3-4-17(24)14-18/h3-9,14H,2,10-13H2,1H3. The smallest absolute Gasteiger partial charge is 0.282 e. The average molecular weight is 414 g/mol. The zero-order chi connectivity index (χ0) is 20.5. The molecule has 0 N–H and O–H groups in total. The molecule has 150 valence electrons. The Morgan fingerprint density at radius 2 is 1.66 bits per heavy atom. The predicted molar refractivity (Wildman–Crippen MR) is 111 cm³/mol. The first-order valence-corrected chi connectivity index (χ1v) is 9.99. The van der Waals surface area contributed by atoms with Gasteiger partial charge in [0.15, 0.2) is 0 Å². The highest BCUT2D eigenvalue weighted by molar-refractivity contribution is 6.45. The summed E-state index contributed by atoms with van der Waals surface area (Å²) in [5.74, 6) is -1.37. The number of nitrogens with zero attached hydrogens (tertiary/aromatic N) is 3. The van der Waals surface area contributed by atoms with E-state index >= 15 is 0 Å². The number of likely N-dealkylation sites (N-methyl/N-ethyl adjacent to an activating group) is 1. The van der Waals surface area contributed by atoms with Crippen molar-refractivity contribution in [3.63, 3.8) is 0 Å². The molecule has 29 heavy (non-hydrogen) atoms. The second-order valence-corrected chi connectivity index (χ2v) is 7.51. The first-order chi connectivity index (χ1) is 14.0. The fourth-order valence-electron chi connectivity index (χ4n) is 3.83. The third-order valence-electron chi connectivity index (χ3n) is 5.39. The van der Waals surface area contributed by atoms with Crippen LogP contribution in [0.5, 0.6) is 0 Å². The Morgan fingerprint density at radius 1 is 0.966 bits per heavy atom. The Hall–Kier alpha value is -2.70.